The minimum Gasteiger partial charge on any atom is -0.457 e. The first kappa shape index (κ1) is 23.1. The first-order valence-corrected chi connectivity index (χ1v) is 10.2. The molecule has 2 aromatic heterocycles. The number of pyridine rings is 1. The van der Waals surface area contributed by atoms with Crippen molar-refractivity contribution < 1.29 is 23.5 Å². The highest BCUT2D eigenvalue weighted by Crippen LogP contribution is 2.24. The molecule has 0 spiro atoms. The van der Waals surface area contributed by atoms with Crippen molar-refractivity contribution in [3.05, 3.63) is 71.4 Å². The molecule has 2 heterocycles. The lowest BCUT2D eigenvalue weighted by Crippen LogP contribution is -2.23. The number of nitrogens with zero attached hydrogens (tertiary/aromatic N) is 3. The van der Waals surface area contributed by atoms with Gasteiger partial charge in [-0.15, -0.1) is 0 Å². The van der Waals surface area contributed by atoms with Crippen molar-refractivity contribution in [3.63, 3.8) is 0 Å². The lowest BCUT2D eigenvalue weighted by molar-refractivity contribution is -0.147. The van der Waals surface area contributed by atoms with Gasteiger partial charge in [0.2, 0.25) is 0 Å². The number of aromatic nitrogens is 3. The summed E-state index contributed by atoms with van der Waals surface area (Å²) in [6, 6.07) is 9.25. The van der Waals surface area contributed by atoms with Gasteiger partial charge in [0.15, 0.2) is 0 Å². The summed E-state index contributed by atoms with van der Waals surface area (Å²) in [5.74, 6) is -1.32. The lowest BCUT2D eigenvalue weighted by Gasteiger charge is -2.19. The number of ether oxygens (including phenoxy) is 2. The summed E-state index contributed by atoms with van der Waals surface area (Å²) >= 11 is 0. The minimum atomic E-state index is -0.602. The van der Waals surface area contributed by atoms with Gasteiger partial charge in [0.25, 0.3) is 0 Å². The average Bonchev–Trinajstić information content (AvgIpc) is 3.07. The number of halogens is 1. The number of carbonyl (C=O) groups is 2. The monoisotopic (exact) mass is 439 g/mol. The Morgan fingerprint density at radius 2 is 1.91 bits per heavy atom. The van der Waals surface area contributed by atoms with E-state index in [0.717, 1.165) is 0 Å². The molecule has 0 saturated heterocycles. The topological polar surface area (TPSA) is 83.3 Å². The third-order valence-corrected chi connectivity index (χ3v) is 4.67. The molecule has 0 saturated carbocycles. The van der Waals surface area contributed by atoms with Crippen molar-refractivity contribution in [2.75, 3.05) is 0 Å². The van der Waals surface area contributed by atoms with Crippen LogP contribution >= 0.6 is 0 Å². The zero-order chi connectivity index (χ0) is 23.5. The largest absolute Gasteiger partial charge is 0.457 e. The van der Waals surface area contributed by atoms with Crippen LogP contribution in [0.4, 0.5) is 4.39 Å². The van der Waals surface area contributed by atoms with Gasteiger partial charge < -0.3 is 9.47 Å². The van der Waals surface area contributed by atoms with Gasteiger partial charge in [-0.25, -0.2) is 9.18 Å². The number of carbonyl (C=O) groups excluding carboxylic acids is 2. The maximum absolute atomic E-state index is 13.4. The molecular weight excluding hydrogens is 413 g/mol. The molecule has 0 aliphatic carbocycles. The van der Waals surface area contributed by atoms with Gasteiger partial charge in [0, 0.05) is 18.8 Å². The molecule has 0 aliphatic heterocycles. The Kier molecular flexibility index (Phi) is 6.72. The Bertz CT molecular complexity index is 1120. The van der Waals surface area contributed by atoms with Gasteiger partial charge in [-0.05, 0) is 57.5 Å². The molecule has 0 bridgehead atoms. The van der Waals surface area contributed by atoms with Gasteiger partial charge >= 0.3 is 11.9 Å². The van der Waals surface area contributed by atoms with E-state index in [1.54, 1.807) is 69.9 Å². The summed E-state index contributed by atoms with van der Waals surface area (Å²) in [5.41, 5.74) is 2.12. The Balaban J connectivity index is 1.73. The van der Waals surface area contributed by atoms with Crippen molar-refractivity contribution in [3.8, 4) is 11.3 Å². The highest BCUT2D eigenvalue weighted by molar-refractivity contribution is 5.89. The molecule has 168 valence electrons. The summed E-state index contributed by atoms with van der Waals surface area (Å²) in [6.45, 7) is 7.07. The highest BCUT2D eigenvalue weighted by Gasteiger charge is 2.21. The van der Waals surface area contributed by atoms with Crippen molar-refractivity contribution in [1.29, 1.82) is 0 Å². The van der Waals surface area contributed by atoms with Crippen LogP contribution in [0.25, 0.3) is 11.3 Å². The molecule has 0 aliphatic rings. The third kappa shape index (κ3) is 5.78. The standard InChI is InChI=1S/C24H26FN3O4/c1-15(16-7-6-8-18(25)11-16)31-22(29)12-21-19(14-27-28(21)5)20-10-9-17(13-26-20)23(30)32-24(2,3)4/h6-11,13-15H,12H2,1-5H3/t15-/m1/s1. The normalized spacial score (nSPS) is 12.3. The third-order valence-electron chi connectivity index (χ3n) is 4.67. The van der Waals surface area contributed by atoms with Gasteiger partial charge in [0.1, 0.15) is 17.5 Å². The van der Waals surface area contributed by atoms with Crippen LogP contribution in [-0.2, 0) is 27.7 Å². The van der Waals surface area contributed by atoms with E-state index in [1.807, 2.05) is 0 Å². The molecule has 0 fully saturated rings. The number of esters is 2. The summed E-state index contributed by atoms with van der Waals surface area (Å²) < 4.78 is 25.8. The Morgan fingerprint density at radius 3 is 2.53 bits per heavy atom. The van der Waals surface area contributed by atoms with Crippen LogP contribution in [0.5, 0.6) is 0 Å². The predicted molar refractivity (Wildman–Crippen MR) is 116 cm³/mol. The first-order chi connectivity index (χ1) is 15.0. The van der Waals surface area contributed by atoms with Crippen LogP contribution in [0.1, 0.15) is 55.4 Å². The molecule has 1 atom stereocenters. The summed E-state index contributed by atoms with van der Waals surface area (Å²) in [6.07, 6.45) is 2.40. The lowest BCUT2D eigenvalue weighted by atomic mass is 10.1. The van der Waals surface area contributed by atoms with Crippen LogP contribution < -0.4 is 0 Å². The van der Waals surface area contributed by atoms with E-state index in [1.165, 1.54) is 18.3 Å². The second kappa shape index (κ2) is 9.30. The molecule has 32 heavy (non-hydrogen) atoms. The van der Waals surface area contributed by atoms with Crippen LogP contribution in [0.3, 0.4) is 0 Å². The van der Waals surface area contributed by atoms with Gasteiger partial charge in [-0.2, -0.15) is 5.10 Å². The van der Waals surface area contributed by atoms with Crippen LogP contribution in [0.2, 0.25) is 0 Å². The number of benzene rings is 1. The fourth-order valence-corrected chi connectivity index (χ4v) is 3.10. The summed E-state index contributed by atoms with van der Waals surface area (Å²) in [4.78, 5) is 29.1. The van der Waals surface area contributed by atoms with Gasteiger partial charge in [0.05, 0.1) is 29.6 Å². The maximum atomic E-state index is 13.4. The molecule has 7 nitrogen and oxygen atoms in total. The Labute approximate surface area is 186 Å². The molecule has 0 N–H and O–H groups in total. The van der Waals surface area contributed by atoms with E-state index in [2.05, 4.69) is 10.1 Å². The van der Waals surface area contributed by atoms with E-state index in [-0.39, 0.29) is 12.2 Å². The van der Waals surface area contributed by atoms with E-state index < -0.39 is 23.6 Å². The quantitative estimate of drug-likeness (QED) is 0.529. The van der Waals surface area contributed by atoms with Crippen molar-refractivity contribution in [2.45, 2.75) is 45.8 Å². The van der Waals surface area contributed by atoms with E-state index in [9.17, 15) is 14.0 Å². The Hall–Kier alpha value is -3.55. The molecular formula is C24H26FN3O4. The van der Waals surface area contributed by atoms with Crippen molar-refractivity contribution >= 4 is 11.9 Å². The molecule has 3 aromatic rings. The number of hydrogen-bond acceptors (Lipinski definition) is 6. The zero-order valence-electron chi connectivity index (χ0n) is 18.8. The molecule has 0 unspecified atom stereocenters. The predicted octanol–water partition coefficient (Wildman–Crippen LogP) is 4.42. The minimum absolute atomic E-state index is 0.0407. The van der Waals surface area contributed by atoms with Gasteiger partial charge in [-0.3, -0.25) is 14.5 Å². The van der Waals surface area contributed by atoms with Crippen LogP contribution in [-0.4, -0.2) is 32.3 Å². The fourth-order valence-electron chi connectivity index (χ4n) is 3.10. The van der Waals surface area contributed by atoms with E-state index in [4.69, 9.17) is 9.47 Å². The van der Waals surface area contributed by atoms with E-state index in [0.29, 0.717) is 28.1 Å². The number of aryl methyl sites for hydroxylation is 1. The summed E-state index contributed by atoms with van der Waals surface area (Å²) in [7, 11) is 1.72. The van der Waals surface area contributed by atoms with Crippen LogP contribution in [0.15, 0.2) is 48.8 Å². The first-order valence-electron chi connectivity index (χ1n) is 10.2. The molecule has 0 radical (unpaired) electrons. The SMILES string of the molecule is C[C@@H](OC(=O)Cc1c(-c2ccc(C(=O)OC(C)(C)C)cn2)cnn1C)c1cccc(F)c1. The Morgan fingerprint density at radius 1 is 1.16 bits per heavy atom. The van der Waals surface area contributed by atoms with E-state index >= 15 is 0 Å². The molecule has 8 heteroatoms. The number of rotatable bonds is 6. The van der Waals surface area contributed by atoms with Crippen molar-refractivity contribution in [1.82, 2.24) is 14.8 Å². The van der Waals surface area contributed by atoms with Crippen molar-refractivity contribution in [2.24, 2.45) is 7.05 Å². The molecule has 3 rings (SSSR count). The second-order valence-electron chi connectivity index (χ2n) is 8.43. The average molecular weight is 439 g/mol. The van der Waals surface area contributed by atoms with Gasteiger partial charge in [-0.1, -0.05) is 12.1 Å². The summed E-state index contributed by atoms with van der Waals surface area (Å²) in [5, 5.41) is 4.23. The zero-order valence-corrected chi connectivity index (χ0v) is 18.8. The molecule has 1 aromatic carbocycles. The highest BCUT2D eigenvalue weighted by atomic mass is 19.1. The molecule has 0 amide bonds. The van der Waals surface area contributed by atoms with Crippen LogP contribution in [0, 0.1) is 5.82 Å². The fraction of sp³-hybridized carbons (Fsp3) is 0.333. The smallest absolute Gasteiger partial charge is 0.340 e. The second-order valence-corrected chi connectivity index (χ2v) is 8.43. The maximum Gasteiger partial charge on any atom is 0.340 e. The number of hydrogen-bond donors (Lipinski definition) is 0.